The molecule has 0 N–H and O–H groups in total. The van der Waals surface area contributed by atoms with Crippen LogP contribution in [0.25, 0.3) is 0 Å². The number of alkyl halides is 3. The second-order valence-electron chi connectivity index (χ2n) is 4.80. The predicted octanol–water partition coefficient (Wildman–Crippen LogP) is -0.0502. The largest absolute Gasteiger partial charge is 0.401 e. The van der Waals surface area contributed by atoms with E-state index in [9.17, 15) is 22.8 Å². The zero-order valence-corrected chi connectivity index (χ0v) is 11.2. The highest BCUT2D eigenvalue weighted by molar-refractivity contribution is 5.76. The van der Waals surface area contributed by atoms with Crippen LogP contribution in [0.4, 0.5) is 13.2 Å². The van der Waals surface area contributed by atoms with Gasteiger partial charge in [0.05, 0.1) is 6.54 Å². The second kappa shape index (κ2) is 6.25. The molecular weight excluding hydrogens is 289 g/mol. The van der Waals surface area contributed by atoms with Crippen LogP contribution in [0.5, 0.6) is 0 Å². The molecule has 0 atom stereocenters. The lowest BCUT2D eigenvalue weighted by Gasteiger charge is -2.35. The maximum atomic E-state index is 12.3. The van der Waals surface area contributed by atoms with Crippen LogP contribution in [-0.4, -0.2) is 64.2 Å². The predicted molar refractivity (Wildman–Crippen MR) is 67.6 cm³/mol. The van der Waals surface area contributed by atoms with Gasteiger partial charge in [-0.05, 0) is 6.07 Å². The number of hydrogen-bond donors (Lipinski definition) is 0. The van der Waals surface area contributed by atoms with Gasteiger partial charge in [0.15, 0.2) is 0 Å². The fourth-order valence-electron chi connectivity index (χ4n) is 2.16. The molecule has 0 radical (unpaired) electrons. The van der Waals surface area contributed by atoms with Crippen molar-refractivity contribution in [1.29, 1.82) is 0 Å². The van der Waals surface area contributed by atoms with E-state index < -0.39 is 18.4 Å². The molecule has 1 saturated heterocycles. The normalized spacial score (nSPS) is 17.0. The van der Waals surface area contributed by atoms with Gasteiger partial charge < -0.3 is 4.90 Å². The lowest BCUT2D eigenvalue weighted by Crippen LogP contribution is -2.51. The fraction of sp³-hybridized carbons (Fsp3) is 0.583. The van der Waals surface area contributed by atoms with Crippen molar-refractivity contribution >= 4 is 5.91 Å². The zero-order chi connectivity index (χ0) is 15.5. The number of halogens is 3. The monoisotopic (exact) mass is 304 g/mol. The van der Waals surface area contributed by atoms with Crippen LogP contribution in [0.2, 0.25) is 0 Å². The highest BCUT2D eigenvalue weighted by Crippen LogP contribution is 2.17. The summed E-state index contributed by atoms with van der Waals surface area (Å²) >= 11 is 0. The first-order chi connectivity index (χ1) is 9.85. The molecule has 2 rings (SSSR count). The maximum absolute atomic E-state index is 12.3. The highest BCUT2D eigenvalue weighted by Gasteiger charge is 2.32. The van der Waals surface area contributed by atoms with Crippen molar-refractivity contribution in [2.45, 2.75) is 12.7 Å². The molecule has 1 fully saturated rings. The van der Waals surface area contributed by atoms with E-state index >= 15 is 0 Å². The van der Waals surface area contributed by atoms with E-state index in [4.69, 9.17) is 0 Å². The number of nitrogens with zero attached hydrogens (tertiary/aromatic N) is 4. The quantitative estimate of drug-likeness (QED) is 0.786. The van der Waals surface area contributed by atoms with E-state index in [0.717, 1.165) is 0 Å². The summed E-state index contributed by atoms with van der Waals surface area (Å²) in [7, 11) is 0. The molecule has 21 heavy (non-hydrogen) atoms. The fourth-order valence-corrected chi connectivity index (χ4v) is 2.16. The van der Waals surface area contributed by atoms with Crippen LogP contribution in [0, 0.1) is 0 Å². The molecule has 1 aromatic rings. The molecule has 116 valence electrons. The number of aromatic nitrogens is 2. The number of carbonyl (C=O) groups is 1. The number of rotatable bonds is 3. The summed E-state index contributed by atoms with van der Waals surface area (Å²) in [4.78, 5) is 29.7. The molecular formula is C12H15F3N4O2. The third kappa shape index (κ3) is 4.55. The SMILES string of the molecule is O=C(Cn1cccnc1=O)N1CCN(CC(F)(F)F)CC1. The summed E-state index contributed by atoms with van der Waals surface area (Å²) < 4.78 is 38.0. The number of carbonyl (C=O) groups excluding carboxylic acids is 1. The molecule has 0 aromatic carbocycles. The third-order valence-corrected chi connectivity index (χ3v) is 3.22. The Labute approximate surface area is 118 Å². The van der Waals surface area contributed by atoms with Gasteiger partial charge in [0, 0.05) is 38.6 Å². The van der Waals surface area contributed by atoms with Gasteiger partial charge in [0.25, 0.3) is 0 Å². The average molecular weight is 304 g/mol. The molecule has 1 aliphatic heterocycles. The van der Waals surface area contributed by atoms with Gasteiger partial charge >= 0.3 is 11.9 Å². The molecule has 0 spiro atoms. The Morgan fingerprint density at radius 3 is 2.48 bits per heavy atom. The van der Waals surface area contributed by atoms with E-state index in [0.29, 0.717) is 0 Å². The number of hydrogen-bond acceptors (Lipinski definition) is 4. The van der Waals surface area contributed by atoms with E-state index in [1.54, 1.807) is 0 Å². The van der Waals surface area contributed by atoms with E-state index in [-0.39, 0.29) is 38.6 Å². The molecule has 0 saturated carbocycles. The Morgan fingerprint density at radius 1 is 1.24 bits per heavy atom. The van der Waals surface area contributed by atoms with Crippen molar-refractivity contribution in [3.8, 4) is 0 Å². The molecule has 1 amide bonds. The van der Waals surface area contributed by atoms with Gasteiger partial charge in [-0.15, -0.1) is 0 Å². The summed E-state index contributed by atoms with van der Waals surface area (Å²) in [6, 6.07) is 1.54. The molecule has 6 nitrogen and oxygen atoms in total. The van der Waals surface area contributed by atoms with Gasteiger partial charge in [0.1, 0.15) is 6.54 Å². The van der Waals surface area contributed by atoms with E-state index in [2.05, 4.69) is 4.98 Å². The summed E-state index contributed by atoms with van der Waals surface area (Å²) in [5.74, 6) is -0.295. The summed E-state index contributed by atoms with van der Waals surface area (Å²) in [5, 5.41) is 0. The van der Waals surface area contributed by atoms with E-state index in [1.807, 2.05) is 0 Å². The Kier molecular flexibility index (Phi) is 4.61. The summed E-state index contributed by atoms with van der Waals surface area (Å²) in [6.45, 7) is -0.308. The molecule has 9 heteroatoms. The van der Waals surface area contributed by atoms with Gasteiger partial charge in [-0.2, -0.15) is 13.2 Å². The van der Waals surface area contributed by atoms with Crippen molar-refractivity contribution in [3.63, 3.8) is 0 Å². The van der Waals surface area contributed by atoms with E-state index in [1.165, 1.54) is 32.8 Å². The minimum absolute atomic E-state index is 0.147. The van der Waals surface area contributed by atoms with Gasteiger partial charge in [0.2, 0.25) is 5.91 Å². The molecule has 1 aliphatic rings. The van der Waals surface area contributed by atoms with Gasteiger partial charge in [-0.25, -0.2) is 9.78 Å². The first-order valence-corrected chi connectivity index (χ1v) is 6.43. The number of amides is 1. The summed E-state index contributed by atoms with van der Waals surface area (Å²) in [5.41, 5.74) is -0.526. The minimum Gasteiger partial charge on any atom is -0.339 e. The Bertz CT molecular complexity index is 550. The van der Waals surface area contributed by atoms with Crippen LogP contribution in [-0.2, 0) is 11.3 Å². The zero-order valence-electron chi connectivity index (χ0n) is 11.2. The van der Waals surface area contributed by atoms with Crippen molar-refractivity contribution in [2.75, 3.05) is 32.7 Å². The Hall–Kier alpha value is -1.90. The van der Waals surface area contributed by atoms with Crippen LogP contribution < -0.4 is 5.69 Å². The third-order valence-electron chi connectivity index (χ3n) is 3.22. The Balaban J connectivity index is 1.86. The average Bonchev–Trinajstić information content (AvgIpc) is 2.40. The maximum Gasteiger partial charge on any atom is 0.401 e. The van der Waals surface area contributed by atoms with Crippen LogP contribution >= 0.6 is 0 Å². The standard InChI is InChI=1S/C12H15F3N4O2/c13-12(14,15)9-17-4-6-18(7-5-17)10(20)8-19-3-1-2-16-11(19)21/h1-3H,4-9H2. The molecule has 0 aliphatic carbocycles. The molecule has 2 heterocycles. The first kappa shape index (κ1) is 15.5. The second-order valence-corrected chi connectivity index (χ2v) is 4.80. The van der Waals surface area contributed by atoms with Crippen molar-refractivity contribution in [3.05, 3.63) is 28.9 Å². The first-order valence-electron chi connectivity index (χ1n) is 6.43. The van der Waals surface area contributed by atoms with Crippen molar-refractivity contribution in [1.82, 2.24) is 19.4 Å². The molecule has 0 bridgehead atoms. The molecule has 1 aromatic heterocycles. The van der Waals surface area contributed by atoms with Crippen molar-refractivity contribution in [2.24, 2.45) is 0 Å². The minimum atomic E-state index is -4.23. The van der Waals surface area contributed by atoms with Gasteiger partial charge in [-0.1, -0.05) is 0 Å². The number of piperazine rings is 1. The van der Waals surface area contributed by atoms with Gasteiger partial charge in [-0.3, -0.25) is 14.3 Å². The highest BCUT2D eigenvalue weighted by atomic mass is 19.4. The topological polar surface area (TPSA) is 58.4 Å². The lowest BCUT2D eigenvalue weighted by molar-refractivity contribution is -0.151. The van der Waals surface area contributed by atoms with Crippen molar-refractivity contribution < 1.29 is 18.0 Å². The van der Waals surface area contributed by atoms with Crippen LogP contribution in [0.3, 0.4) is 0 Å². The summed E-state index contributed by atoms with van der Waals surface area (Å²) in [6.07, 6.45) is -1.44. The Morgan fingerprint density at radius 2 is 1.90 bits per heavy atom. The smallest absolute Gasteiger partial charge is 0.339 e. The van der Waals surface area contributed by atoms with Crippen LogP contribution in [0.15, 0.2) is 23.3 Å². The lowest BCUT2D eigenvalue weighted by atomic mass is 10.3. The van der Waals surface area contributed by atoms with Crippen LogP contribution in [0.1, 0.15) is 0 Å². The molecule has 0 unspecified atom stereocenters.